The summed E-state index contributed by atoms with van der Waals surface area (Å²) in [7, 11) is 1.49. The van der Waals surface area contributed by atoms with Gasteiger partial charge in [0, 0.05) is 28.2 Å². The molecule has 3 fully saturated rings. The van der Waals surface area contributed by atoms with Gasteiger partial charge < -0.3 is 19.4 Å². The predicted octanol–water partition coefficient (Wildman–Crippen LogP) is 7.26. The number of ether oxygens (including phenoxy) is 1. The van der Waals surface area contributed by atoms with Gasteiger partial charge in [-0.2, -0.15) is 0 Å². The van der Waals surface area contributed by atoms with Crippen LogP contribution in [-0.2, 0) is 24.8 Å². The van der Waals surface area contributed by atoms with Crippen molar-refractivity contribution in [2.24, 2.45) is 5.92 Å². The van der Waals surface area contributed by atoms with Crippen molar-refractivity contribution in [2.45, 2.75) is 57.0 Å². The average molecular weight is 719 g/mol. The van der Waals surface area contributed by atoms with E-state index in [1.807, 2.05) is 24.0 Å². The number of nitrogens with one attached hydrogen (secondary N) is 2. The Labute approximate surface area is 299 Å². The zero-order valence-corrected chi connectivity index (χ0v) is 29.1. The van der Waals surface area contributed by atoms with E-state index in [9.17, 15) is 18.4 Å². The smallest absolute Gasteiger partial charge is 0.434 e. The molecule has 0 unspecified atom stereocenters. The van der Waals surface area contributed by atoms with Crippen LogP contribution in [0.25, 0.3) is 32.0 Å². The Kier molecular flexibility index (Phi) is 6.80. The minimum atomic E-state index is -0.714. The van der Waals surface area contributed by atoms with Gasteiger partial charge >= 0.3 is 5.76 Å². The van der Waals surface area contributed by atoms with Crippen molar-refractivity contribution in [3.8, 4) is 27.6 Å². The summed E-state index contributed by atoms with van der Waals surface area (Å²) in [6.07, 6.45) is 4.13. The van der Waals surface area contributed by atoms with Gasteiger partial charge in [0.05, 0.1) is 45.9 Å². The van der Waals surface area contributed by atoms with Crippen LogP contribution in [0.5, 0.6) is 5.75 Å². The Balaban J connectivity index is 1.15. The third kappa shape index (κ3) is 4.54. The molecule has 2 aromatic carbocycles. The van der Waals surface area contributed by atoms with Gasteiger partial charge in [-0.3, -0.25) is 9.78 Å². The monoisotopic (exact) mass is 718 g/mol. The number of hydrogen-bond acceptors (Lipinski definition) is 9. The van der Waals surface area contributed by atoms with Crippen LogP contribution in [0.1, 0.15) is 69.4 Å². The van der Waals surface area contributed by atoms with Crippen LogP contribution in [-0.4, -0.2) is 44.6 Å². The number of anilines is 1. The lowest BCUT2D eigenvalue weighted by atomic mass is 9.71. The minimum Gasteiger partial charge on any atom is -0.493 e. The van der Waals surface area contributed by atoms with Gasteiger partial charge in [0.15, 0.2) is 11.6 Å². The number of methoxy groups -OCH3 is 1. The standard InChI is InChI=1S/C39H32F2N6O4S/c1-18-13-21-14-28(52-33(21)35(42-18)44-26-12-9-24-23(26)8-10-25(41)32(24)50-2)30-29(36-45-46-38(49)51-36)27(11-5-19-3-6-22(40)7-4-19)43-34-31(30)37(48)47-17-20-15-39(34,47)16-20/h3-4,6-8,10,13-14,20,26H,5,9,11-12,15-17H2,1-2H3,(H,42,44)(H,46,49)/t20?,26-,39?/m0/s1. The molecule has 6 aromatic rings. The summed E-state index contributed by atoms with van der Waals surface area (Å²) in [5.74, 6) is 0.0102. The number of carbonyl (C=O) groups is 1. The molecule has 1 amide bonds. The third-order valence-corrected chi connectivity index (χ3v) is 12.5. The molecule has 262 valence electrons. The number of aromatic amines is 1. The van der Waals surface area contributed by atoms with Gasteiger partial charge in [0.2, 0.25) is 0 Å². The molecular formula is C39H32F2N6O4S. The fraction of sp³-hybridized carbons (Fsp3) is 0.308. The molecule has 4 aromatic heterocycles. The van der Waals surface area contributed by atoms with Gasteiger partial charge in [0.1, 0.15) is 11.6 Å². The van der Waals surface area contributed by atoms with E-state index in [2.05, 4.69) is 21.6 Å². The highest BCUT2D eigenvalue weighted by atomic mass is 32.1. The topological polar surface area (TPSA) is 126 Å². The first-order chi connectivity index (χ1) is 25.2. The first-order valence-corrected chi connectivity index (χ1v) is 18.3. The lowest BCUT2D eigenvalue weighted by molar-refractivity contribution is 0.0637. The van der Waals surface area contributed by atoms with E-state index in [0.29, 0.717) is 59.9 Å². The van der Waals surface area contributed by atoms with Gasteiger partial charge in [-0.1, -0.05) is 18.2 Å². The summed E-state index contributed by atoms with van der Waals surface area (Å²) in [5, 5.41) is 11.3. The van der Waals surface area contributed by atoms with Crippen LogP contribution in [0.4, 0.5) is 14.6 Å². The van der Waals surface area contributed by atoms with Crippen LogP contribution in [0.3, 0.4) is 0 Å². The van der Waals surface area contributed by atoms with E-state index in [1.54, 1.807) is 12.1 Å². The Hall–Kier alpha value is -5.43. The Bertz CT molecular complexity index is 2540. The number of fused-ring (bicyclic) bond motifs is 3. The number of aromatic nitrogens is 4. The van der Waals surface area contributed by atoms with E-state index in [-0.39, 0.29) is 35.2 Å². The summed E-state index contributed by atoms with van der Waals surface area (Å²) in [6, 6.07) is 13.6. The molecule has 7 heterocycles. The summed E-state index contributed by atoms with van der Waals surface area (Å²) >= 11 is 1.50. The van der Waals surface area contributed by atoms with Gasteiger partial charge in [-0.05, 0) is 98.2 Å². The summed E-state index contributed by atoms with van der Waals surface area (Å²) in [4.78, 5) is 39.8. The van der Waals surface area contributed by atoms with Crippen molar-refractivity contribution >= 4 is 33.1 Å². The molecule has 2 aliphatic carbocycles. The highest BCUT2D eigenvalue weighted by Crippen LogP contribution is 2.63. The number of thiophene rings is 1. The quantitative estimate of drug-likeness (QED) is 0.169. The first kappa shape index (κ1) is 31.3. The molecule has 10 nitrogen and oxygen atoms in total. The van der Waals surface area contributed by atoms with Gasteiger partial charge in [-0.25, -0.2) is 23.7 Å². The van der Waals surface area contributed by atoms with E-state index in [4.69, 9.17) is 19.1 Å². The number of H-pyrrole nitrogens is 1. The maximum Gasteiger partial charge on any atom is 0.434 e. The highest BCUT2D eigenvalue weighted by Gasteiger charge is 2.65. The number of amides is 1. The normalized spacial score (nSPS) is 21.0. The maximum atomic E-state index is 14.6. The van der Waals surface area contributed by atoms with E-state index >= 15 is 0 Å². The molecule has 1 saturated carbocycles. The van der Waals surface area contributed by atoms with Crippen LogP contribution in [0.15, 0.2) is 57.7 Å². The number of rotatable bonds is 8. The van der Waals surface area contributed by atoms with E-state index in [1.165, 1.54) is 36.6 Å². The summed E-state index contributed by atoms with van der Waals surface area (Å²) in [6.45, 7) is 2.63. The summed E-state index contributed by atoms with van der Waals surface area (Å²) < 4.78 is 40.3. The van der Waals surface area contributed by atoms with Crippen LogP contribution >= 0.6 is 11.3 Å². The van der Waals surface area contributed by atoms with Crippen molar-refractivity contribution in [3.05, 3.63) is 110 Å². The van der Waals surface area contributed by atoms with Gasteiger partial charge in [0.25, 0.3) is 11.8 Å². The molecule has 52 heavy (non-hydrogen) atoms. The number of carbonyl (C=O) groups excluding carboxylic acids is 1. The maximum absolute atomic E-state index is 14.6. The molecule has 3 aliphatic heterocycles. The molecule has 13 heteroatoms. The first-order valence-electron chi connectivity index (χ1n) is 17.4. The van der Waals surface area contributed by atoms with Crippen LogP contribution < -0.4 is 15.8 Å². The molecule has 2 bridgehead atoms. The zero-order valence-electron chi connectivity index (χ0n) is 28.3. The largest absolute Gasteiger partial charge is 0.493 e. The molecule has 1 atom stereocenters. The Morgan fingerprint density at radius 3 is 2.65 bits per heavy atom. The van der Waals surface area contributed by atoms with Crippen molar-refractivity contribution in [1.82, 2.24) is 25.1 Å². The number of halogens is 2. The molecular weight excluding hydrogens is 687 g/mol. The highest BCUT2D eigenvalue weighted by molar-refractivity contribution is 7.23. The molecule has 11 rings (SSSR count). The second-order valence-electron chi connectivity index (χ2n) is 14.3. The Morgan fingerprint density at radius 2 is 1.88 bits per heavy atom. The molecule has 2 saturated heterocycles. The third-order valence-electron chi connectivity index (χ3n) is 11.3. The van der Waals surface area contributed by atoms with E-state index < -0.39 is 11.3 Å². The lowest BCUT2D eigenvalue weighted by Gasteiger charge is -2.37. The molecule has 2 N–H and O–H groups in total. The lowest BCUT2D eigenvalue weighted by Crippen LogP contribution is -2.40. The second-order valence-corrected chi connectivity index (χ2v) is 15.4. The van der Waals surface area contributed by atoms with Crippen LogP contribution in [0, 0.1) is 24.5 Å². The van der Waals surface area contributed by atoms with Gasteiger partial charge in [-0.15, -0.1) is 16.4 Å². The zero-order chi connectivity index (χ0) is 35.5. The Morgan fingerprint density at radius 1 is 1.06 bits per heavy atom. The van der Waals surface area contributed by atoms with Crippen molar-refractivity contribution in [1.29, 1.82) is 0 Å². The number of nitrogens with zero attached hydrogens (tertiary/aromatic N) is 4. The molecule has 1 spiro atoms. The number of hydrogen-bond donors (Lipinski definition) is 2. The molecule has 0 radical (unpaired) electrons. The van der Waals surface area contributed by atoms with Crippen molar-refractivity contribution in [2.75, 3.05) is 19.0 Å². The van der Waals surface area contributed by atoms with E-state index in [0.717, 1.165) is 62.3 Å². The number of benzene rings is 2. The minimum absolute atomic E-state index is 0.0575. The van der Waals surface area contributed by atoms with Crippen molar-refractivity contribution < 1.29 is 22.7 Å². The van der Waals surface area contributed by atoms with Crippen LogP contribution in [0.2, 0.25) is 0 Å². The predicted molar refractivity (Wildman–Crippen MR) is 191 cm³/mol. The number of pyridine rings is 2. The van der Waals surface area contributed by atoms with Crippen molar-refractivity contribution in [3.63, 3.8) is 0 Å². The SMILES string of the molecule is COc1c(F)ccc2c1CC[C@@H]2Nc1nc(C)cc2cc(-c3c4c(nc(CCc5ccc(F)cc5)c3-c3n[nH]c(=O)o3)C35CC(CN3C4=O)C5)sc12. The second kappa shape index (κ2) is 11.3. The summed E-state index contributed by atoms with van der Waals surface area (Å²) in [5.41, 5.74) is 6.20. The average Bonchev–Trinajstić information content (AvgIpc) is 3.96. The fourth-order valence-corrected chi connectivity index (χ4v) is 10.2. The number of aryl methyl sites for hydroxylation is 3. The fourth-order valence-electron chi connectivity index (χ4n) is 9.08. The molecule has 5 aliphatic rings.